The Balaban J connectivity index is 2.61. The molecule has 3 N–H and O–H groups in total. The topological polar surface area (TPSA) is 130 Å². The van der Waals surface area contributed by atoms with E-state index >= 15 is 0 Å². The van der Waals surface area contributed by atoms with Gasteiger partial charge in [0.05, 0.1) is 11.3 Å². The van der Waals surface area contributed by atoms with Crippen molar-refractivity contribution in [1.82, 2.24) is 5.32 Å². The van der Waals surface area contributed by atoms with Crippen LogP contribution in [0.15, 0.2) is 24.3 Å². The van der Waals surface area contributed by atoms with Gasteiger partial charge in [-0.1, -0.05) is 12.1 Å². The Morgan fingerprint density at radius 2 is 1.90 bits per heavy atom. The summed E-state index contributed by atoms with van der Waals surface area (Å²) >= 11 is 0. The molecule has 0 aliphatic carbocycles. The van der Waals surface area contributed by atoms with E-state index < -0.39 is 22.8 Å². The highest BCUT2D eigenvalue weighted by molar-refractivity contribution is 5.84. The van der Waals surface area contributed by atoms with Crippen LogP contribution in [-0.2, 0) is 16.0 Å². The van der Waals surface area contributed by atoms with Crippen LogP contribution in [0.25, 0.3) is 0 Å². The van der Waals surface area contributed by atoms with Gasteiger partial charge in [-0.05, 0) is 5.56 Å². The molecule has 8 heteroatoms. The highest BCUT2D eigenvalue weighted by Crippen LogP contribution is 2.12. The standard InChI is InChI=1S/C12H14N2O6/c15-6-5-10(12(17)18)13-11(16)7-8-1-3-9(4-2-8)14(19)20/h1-4,10,15H,5-7H2,(H,13,16)(H,17,18). The van der Waals surface area contributed by atoms with E-state index in [1.54, 1.807) is 0 Å². The molecular weight excluding hydrogens is 268 g/mol. The number of rotatable bonds is 7. The van der Waals surface area contributed by atoms with E-state index in [1.807, 2.05) is 0 Å². The van der Waals surface area contributed by atoms with Crippen molar-refractivity contribution in [1.29, 1.82) is 0 Å². The Kier molecular flexibility index (Phi) is 5.60. The van der Waals surface area contributed by atoms with Gasteiger partial charge < -0.3 is 15.5 Å². The van der Waals surface area contributed by atoms with Crippen molar-refractivity contribution in [3.63, 3.8) is 0 Å². The lowest BCUT2D eigenvalue weighted by atomic mass is 10.1. The van der Waals surface area contributed by atoms with Crippen LogP contribution in [0.5, 0.6) is 0 Å². The number of benzene rings is 1. The van der Waals surface area contributed by atoms with Crippen molar-refractivity contribution < 1.29 is 24.7 Å². The van der Waals surface area contributed by atoms with Crippen molar-refractivity contribution in [2.75, 3.05) is 6.61 Å². The summed E-state index contributed by atoms with van der Waals surface area (Å²) in [5.74, 6) is -1.75. The first-order chi connectivity index (χ1) is 9.43. The number of aliphatic carboxylic acids is 1. The maximum atomic E-state index is 11.6. The molecule has 1 aromatic carbocycles. The minimum Gasteiger partial charge on any atom is -0.480 e. The summed E-state index contributed by atoms with van der Waals surface area (Å²) in [6.45, 7) is -0.352. The summed E-state index contributed by atoms with van der Waals surface area (Å²) in [6, 6.07) is 4.25. The SMILES string of the molecule is O=C(Cc1ccc([N+](=O)[O-])cc1)NC(CCO)C(=O)O. The van der Waals surface area contributed by atoms with E-state index in [1.165, 1.54) is 24.3 Å². The minimum absolute atomic E-state index is 0.0820. The molecule has 1 amide bonds. The molecule has 0 heterocycles. The second kappa shape index (κ2) is 7.19. The molecule has 0 fully saturated rings. The molecule has 20 heavy (non-hydrogen) atoms. The van der Waals surface area contributed by atoms with E-state index in [0.717, 1.165) is 0 Å². The van der Waals surface area contributed by atoms with Crippen LogP contribution in [0.4, 0.5) is 5.69 Å². The maximum Gasteiger partial charge on any atom is 0.326 e. The predicted molar refractivity (Wildman–Crippen MR) is 68.1 cm³/mol. The molecule has 0 aliphatic rings. The number of nitro benzene ring substituents is 1. The number of hydrogen-bond donors (Lipinski definition) is 3. The molecule has 1 aromatic rings. The minimum atomic E-state index is -1.23. The molecule has 1 atom stereocenters. The Labute approximate surface area is 114 Å². The molecule has 0 spiro atoms. The number of nitro groups is 1. The van der Waals surface area contributed by atoms with Gasteiger partial charge in [-0.2, -0.15) is 0 Å². The van der Waals surface area contributed by atoms with E-state index in [4.69, 9.17) is 10.2 Å². The fourth-order valence-electron chi connectivity index (χ4n) is 1.55. The van der Waals surface area contributed by atoms with Crippen LogP contribution < -0.4 is 5.32 Å². The molecule has 0 radical (unpaired) electrons. The van der Waals surface area contributed by atoms with Gasteiger partial charge >= 0.3 is 5.97 Å². The Bertz CT molecular complexity index is 499. The summed E-state index contributed by atoms with van der Waals surface area (Å²) in [4.78, 5) is 32.3. The smallest absolute Gasteiger partial charge is 0.326 e. The van der Waals surface area contributed by atoms with Gasteiger partial charge in [0.2, 0.25) is 5.91 Å². The lowest BCUT2D eigenvalue weighted by Crippen LogP contribution is -2.42. The lowest BCUT2D eigenvalue weighted by Gasteiger charge is -2.13. The highest BCUT2D eigenvalue weighted by atomic mass is 16.6. The fraction of sp³-hybridized carbons (Fsp3) is 0.333. The van der Waals surface area contributed by atoms with Gasteiger partial charge in [0, 0.05) is 25.2 Å². The van der Waals surface area contributed by atoms with Crippen LogP contribution in [0.3, 0.4) is 0 Å². The van der Waals surface area contributed by atoms with Gasteiger partial charge in [0.1, 0.15) is 6.04 Å². The average molecular weight is 282 g/mol. The number of amides is 1. The fourth-order valence-corrected chi connectivity index (χ4v) is 1.55. The number of hydrogen-bond acceptors (Lipinski definition) is 5. The number of carboxylic acids is 1. The quantitative estimate of drug-likeness (QED) is 0.480. The number of carbonyl (C=O) groups excluding carboxylic acids is 1. The third-order valence-corrected chi connectivity index (χ3v) is 2.56. The highest BCUT2D eigenvalue weighted by Gasteiger charge is 2.19. The van der Waals surface area contributed by atoms with Crippen molar-refractivity contribution in [2.24, 2.45) is 0 Å². The van der Waals surface area contributed by atoms with Crippen molar-refractivity contribution >= 4 is 17.6 Å². The molecule has 0 saturated heterocycles. The van der Waals surface area contributed by atoms with Crippen LogP contribution in [0.2, 0.25) is 0 Å². The van der Waals surface area contributed by atoms with Crippen LogP contribution >= 0.6 is 0 Å². The van der Waals surface area contributed by atoms with Crippen LogP contribution in [-0.4, -0.2) is 39.7 Å². The summed E-state index contributed by atoms with van der Waals surface area (Å²) in [7, 11) is 0. The van der Waals surface area contributed by atoms with Crippen molar-refractivity contribution in [3.05, 3.63) is 39.9 Å². The molecule has 0 bridgehead atoms. The number of aliphatic hydroxyl groups excluding tert-OH is 1. The molecule has 0 saturated carbocycles. The molecule has 108 valence electrons. The molecule has 1 unspecified atom stereocenters. The van der Waals surface area contributed by atoms with Gasteiger partial charge in [0.15, 0.2) is 0 Å². The third kappa shape index (κ3) is 4.65. The number of carboxylic acid groups (broad SMARTS) is 1. The van der Waals surface area contributed by atoms with Crippen molar-refractivity contribution in [2.45, 2.75) is 18.9 Å². The van der Waals surface area contributed by atoms with Crippen LogP contribution in [0, 0.1) is 10.1 Å². The molecule has 1 rings (SSSR count). The first kappa shape index (κ1) is 15.6. The molecule has 0 aliphatic heterocycles. The molecule has 8 nitrogen and oxygen atoms in total. The number of nitrogens with one attached hydrogen (secondary N) is 1. The number of non-ortho nitro benzene ring substituents is 1. The van der Waals surface area contributed by atoms with Gasteiger partial charge in [-0.3, -0.25) is 14.9 Å². The predicted octanol–water partition coefficient (Wildman–Crippen LogP) is 0.0891. The largest absolute Gasteiger partial charge is 0.480 e. The van der Waals surface area contributed by atoms with Gasteiger partial charge in [-0.25, -0.2) is 4.79 Å². The number of carbonyl (C=O) groups is 2. The maximum absolute atomic E-state index is 11.6. The van der Waals surface area contributed by atoms with Gasteiger partial charge in [-0.15, -0.1) is 0 Å². The van der Waals surface area contributed by atoms with E-state index in [9.17, 15) is 19.7 Å². The average Bonchev–Trinajstić information content (AvgIpc) is 2.38. The molecule has 0 aromatic heterocycles. The summed E-state index contributed by atoms with van der Waals surface area (Å²) in [5, 5.41) is 30.2. The molecular formula is C12H14N2O6. The number of aliphatic hydroxyl groups is 1. The normalized spacial score (nSPS) is 11.7. The van der Waals surface area contributed by atoms with E-state index in [-0.39, 0.29) is 25.1 Å². The summed E-state index contributed by atoms with van der Waals surface area (Å²) in [5.41, 5.74) is 0.444. The second-order valence-corrected chi connectivity index (χ2v) is 4.07. The zero-order chi connectivity index (χ0) is 15.1. The Morgan fingerprint density at radius 3 is 2.35 bits per heavy atom. The van der Waals surface area contributed by atoms with Gasteiger partial charge in [0.25, 0.3) is 5.69 Å². The summed E-state index contributed by atoms with van der Waals surface area (Å²) < 4.78 is 0. The zero-order valence-electron chi connectivity index (χ0n) is 10.5. The zero-order valence-corrected chi connectivity index (χ0v) is 10.5. The second-order valence-electron chi connectivity index (χ2n) is 4.07. The first-order valence-electron chi connectivity index (χ1n) is 5.80. The van der Waals surface area contributed by atoms with Crippen molar-refractivity contribution in [3.8, 4) is 0 Å². The third-order valence-electron chi connectivity index (χ3n) is 2.56. The number of nitrogens with zero attached hydrogens (tertiary/aromatic N) is 1. The first-order valence-corrected chi connectivity index (χ1v) is 5.80. The lowest BCUT2D eigenvalue weighted by molar-refractivity contribution is -0.384. The Morgan fingerprint density at radius 1 is 1.30 bits per heavy atom. The Hall–Kier alpha value is -2.48. The summed E-state index contributed by atoms with van der Waals surface area (Å²) in [6.07, 6.45) is -0.172. The van der Waals surface area contributed by atoms with E-state index in [2.05, 4.69) is 5.32 Å². The monoisotopic (exact) mass is 282 g/mol. The van der Waals surface area contributed by atoms with E-state index in [0.29, 0.717) is 5.56 Å². The van der Waals surface area contributed by atoms with Crippen LogP contribution in [0.1, 0.15) is 12.0 Å².